The van der Waals surface area contributed by atoms with Gasteiger partial charge in [-0.2, -0.15) is 0 Å². The Hall–Kier alpha value is -0.530. The molecule has 2 aliphatic rings. The van der Waals surface area contributed by atoms with E-state index in [1.54, 1.807) is 0 Å². The summed E-state index contributed by atoms with van der Waals surface area (Å²) in [6.45, 7) is 3.18. The molecule has 1 aliphatic heterocycles. The summed E-state index contributed by atoms with van der Waals surface area (Å²) in [6.07, 6.45) is 6.18. The van der Waals surface area contributed by atoms with Crippen molar-refractivity contribution in [2.75, 3.05) is 6.54 Å². The van der Waals surface area contributed by atoms with Crippen molar-refractivity contribution in [1.82, 2.24) is 5.32 Å². The molecular weight excluding hydrogens is 150 g/mol. The lowest BCUT2D eigenvalue weighted by molar-refractivity contribution is -0.119. The van der Waals surface area contributed by atoms with Gasteiger partial charge in [-0.15, -0.1) is 0 Å². The molecule has 0 aromatic carbocycles. The molecule has 1 heterocycles. The van der Waals surface area contributed by atoms with E-state index in [2.05, 4.69) is 12.2 Å². The first-order valence-corrected chi connectivity index (χ1v) is 4.97. The summed E-state index contributed by atoms with van der Waals surface area (Å²) in [5, 5.41) is 2.95. The normalized spacial score (nSPS) is 37.2. The number of hydrogen-bond acceptors (Lipinski definition) is 1. The number of rotatable bonds is 1. The Bertz CT molecular complexity index is 196. The van der Waals surface area contributed by atoms with Crippen LogP contribution < -0.4 is 5.32 Å². The molecule has 2 rings (SSSR count). The van der Waals surface area contributed by atoms with Crippen LogP contribution in [0.15, 0.2) is 0 Å². The number of carbonyl (C=O) groups excluding carboxylic acids is 1. The molecule has 0 unspecified atom stereocenters. The monoisotopic (exact) mass is 167 g/mol. The van der Waals surface area contributed by atoms with Crippen molar-refractivity contribution in [2.24, 2.45) is 11.3 Å². The first-order valence-electron chi connectivity index (χ1n) is 4.97. The highest BCUT2D eigenvalue weighted by atomic mass is 16.1. The van der Waals surface area contributed by atoms with Gasteiger partial charge in [-0.3, -0.25) is 4.79 Å². The van der Waals surface area contributed by atoms with Gasteiger partial charge in [-0.25, -0.2) is 0 Å². The molecule has 0 radical (unpaired) electrons. The fourth-order valence-electron chi connectivity index (χ4n) is 2.70. The van der Waals surface area contributed by atoms with Crippen molar-refractivity contribution in [1.29, 1.82) is 0 Å². The summed E-state index contributed by atoms with van der Waals surface area (Å²) in [5.41, 5.74) is 0.285. The van der Waals surface area contributed by atoms with Crippen molar-refractivity contribution in [3.63, 3.8) is 0 Å². The van der Waals surface area contributed by atoms with Crippen molar-refractivity contribution in [3.8, 4) is 0 Å². The van der Waals surface area contributed by atoms with Crippen LogP contribution in [-0.2, 0) is 4.79 Å². The average molecular weight is 167 g/mol. The maximum absolute atomic E-state index is 11.1. The zero-order valence-corrected chi connectivity index (χ0v) is 7.73. The number of nitrogens with one attached hydrogen (secondary N) is 1. The van der Waals surface area contributed by atoms with Crippen LogP contribution in [0.25, 0.3) is 0 Å². The van der Waals surface area contributed by atoms with Gasteiger partial charge in [0, 0.05) is 13.0 Å². The third-order valence-electron chi connectivity index (χ3n) is 3.59. The maximum atomic E-state index is 11.1. The van der Waals surface area contributed by atoms with Gasteiger partial charge in [0.25, 0.3) is 0 Å². The second-order valence-corrected chi connectivity index (χ2v) is 4.59. The number of hydrogen-bond donors (Lipinski definition) is 1. The van der Waals surface area contributed by atoms with Gasteiger partial charge in [-0.1, -0.05) is 19.8 Å². The van der Waals surface area contributed by atoms with Crippen molar-refractivity contribution in [2.45, 2.75) is 39.0 Å². The molecule has 1 atom stereocenters. The van der Waals surface area contributed by atoms with Crippen LogP contribution in [0.4, 0.5) is 0 Å². The molecule has 1 saturated heterocycles. The van der Waals surface area contributed by atoms with E-state index in [9.17, 15) is 4.79 Å². The van der Waals surface area contributed by atoms with E-state index in [-0.39, 0.29) is 11.3 Å². The van der Waals surface area contributed by atoms with Crippen LogP contribution in [-0.4, -0.2) is 12.5 Å². The Morgan fingerprint density at radius 1 is 1.42 bits per heavy atom. The molecule has 0 aromatic heterocycles. The SMILES string of the molecule is C[C@]1(C2CCCC2)CNC(=O)C1. The van der Waals surface area contributed by atoms with Crippen LogP contribution in [0.3, 0.4) is 0 Å². The van der Waals surface area contributed by atoms with Gasteiger partial charge in [0.2, 0.25) is 5.91 Å². The van der Waals surface area contributed by atoms with E-state index < -0.39 is 0 Å². The minimum atomic E-state index is 0.254. The standard InChI is InChI=1S/C10H17NO/c1-10(6-9(12)11-7-10)8-4-2-3-5-8/h8H,2-7H2,1H3,(H,11,12)/t10-/m1/s1. The second-order valence-electron chi connectivity index (χ2n) is 4.59. The summed E-state index contributed by atoms with van der Waals surface area (Å²) < 4.78 is 0. The lowest BCUT2D eigenvalue weighted by Crippen LogP contribution is -2.27. The second kappa shape index (κ2) is 2.75. The number of amides is 1. The topological polar surface area (TPSA) is 29.1 Å². The molecule has 1 amide bonds. The highest BCUT2D eigenvalue weighted by molar-refractivity contribution is 5.79. The summed E-state index contributed by atoms with van der Waals surface area (Å²) in [6, 6.07) is 0. The summed E-state index contributed by atoms with van der Waals surface area (Å²) in [4.78, 5) is 11.1. The molecule has 2 fully saturated rings. The average Bonchev–Trinajstić information content (AvgIpc) is 2.59. The van der Waals surface area contributed by atoms with E-state index in [0.29, 0.717) is 0 Å². The van der Waals surface area contributed by atoms with Crippen LogP contribution in [0.1, 0.15) is 39.0 Å². The molecule has 68 valence electrons. The van der Waals surface area contributed by atoms with Gasteiger partial charge in [-0.05, 0) is 24.2 Å². The minimum Gasteiger partial charge on any atom is -0.356 e. The molecule has 1 saturated carbocycles. The van der Waals surface area contributed by atoms with Gasteiger partial charge >= 0.3 is 0 Å². The van der Waals surface area contributed by atoms with Crippen molar-refractivity contribution < 1.29 is 4.79 Å². The van der Waals surface area contributed by atoms with E-state index in [1.165, 1.54) is 25.7 Å². The summed E-state index contributed by atoms with van der Waals surface area (Å²) in [5.74, 6) is 1.06. The zero-order valence-electron chi connectivity index (χ0n) is 7.73. The molecule has 1 N–H and O–H groups in total. The lowest BCUT2D eigenvalue weighted by Gasteiger charge is -2.28. The fraction of sp³-hybridized carbons (Fsp3) is 0.900. The zero-order chi connectivity index (χ0) is 8.60. The van der Waals surface area contributed by atoms with Crippen LogP contribution in [0.2, 0.25) is 0 Å². The fourth-order valence-corrected chi connectivity index (χ4v) is 2.70. The Morgan fingerprint density at radius 3 is 2.58 bits per heavy atom. The quantitative estimate of drug-likeness (QED) is 0.632. The summed E-state index contributed by atoms with van der Waals surface area (Å²) in [7, 11) is 0. The Labute approximate surface area is 73.7 Å². The lowest BCUT2D eigenvalue weighted by atomic mass is 9.75. The highest BCUT2D eigenvalue weighted by Crippen LogP contribution is 2.43. The molecule has 1 aliphatic carbocycles. The Kier molecular flexibility index (Phi) is 1.85. The summed E-state index contributed by atoms with van der Waals surface area (Å²) >= 11 is 0. The molecule has 0 aromatic rings. The minimum absolute atomic E-state index is 0.254. The van der Waals surface area contributed by atoms with E-state index in [1.807, 2.05) is 0 Å². The van der Waals surface area contributed by atoms with Crippen molar-refractivity contribution >= 4 is 5.91 Å². The van der Waals surface area contributed by atoms with Gasteiger partial charge in [0.15, 0.2) is 0 Å². The Morgan fingerprint density at radius 2 is 2.08 bits per heavy atom. The van der Waals surface area contributed by atoms with Gasteiger partial charge in [0.1, 0.15) is 0 Å². The van der Waals surface area contributed by atoms with Crippen LogP contribution in [0.5, 0.6) is 0 Å². The third-order valence-corrected chi connectivity index (χ3v) is 3.59. The number of carbonyl (C=O) groups is 1. The Balaban J connectivity index is 2.05. The molecule has 2 nitrogen and oxygen atoms in total. The smallest absolute Gasteiger partial charge is 0.220 e. The molecule has 0 bridgehead atoms. The van der Waals surface area contributed by atoms with E-state index in [0.717, 1.165) is 18.9 Å². The van der Waals surface area contributed by atoms with Gasteiger partial charge in [0.05, 0.1) is 0 Å². The van der Waals surface area contributed by atoms with Crippen LogP contribution in [0, 0.1) is 11.3 Å². The van der Waals surface area contributed by atoms with E-state index >= 15 is 0 Å². The van der Waals surface area contributed by atoms with Crippen molar-refractivity contribution in [3.05, 3.63) is 0 Å². The van der Waals surface area contributed by atoms with Crippen LogP contribution >= 0.6 is 0 Å². The largest absolute Gasteiger partial charge is 0.356 e. The first-order chi connectivity index (χ1) is 5.71. The highest BCUT2D eigenvalue weighted by Gasteiger charge is 2.41. The molecular formula is C10H17NO. The molecule has 12 heavy (non-hydrogen) atoms. The molecule has 2 heteroatoms. The van der Waals surface area contributed by atoms with Gasteiger partial charge < -0.3 is 5.32 Å². The third kappa shape index (κ3) is 1.23. The maximum Gasteiger partial charge on any atom is 0.220 e. The predicted octanol–water partition coefficient (Wildman–Crippen LogP) is 1.70. The predicted molar refractivity (Wildman–Crippen MR) is 47.7 cm³/mol. The van der Waals surface area contributed by atoms with E-state index in [4.69, 9.17) is 0 Å². The first kappa shape index (κ1) is 8.09. The molecule has 0 spiro atoms.